The van der Waals surface area contributed by atoms with Crippen LogP contribution in [0.2, 0.25) is 0 Å². The number of hydrogen-bond donors (Lipinski definition) is 3. The maximum atomic E-state index is 11.4. The zero-order valence-electron chi connectivity index (χ0n) is 8.01. The summed E-state index contributed by atoms with van der Waals surface area (Å²) < 4.78 is 0. The molecule has 78 valence electrons. The first-order valence-corrected chi connectivity index (χ1v) is 5.75. The quantitative estimate of drug-likeness (QED) is 0.458. The first kappa shape index (κ1) is 9.83. The van der Waals surface area contributed by atoms with Crippen LogP contribution in [0.3, 0.4) is 0 Å². The molecule has 4 nitrogen and oxygen atoms in total. The Morgan fingerprint density at radius 1 is 1.50 bits per heavy atom. The molecule has 5 heteroatoms. The largest absolute Gasteiger partial charge is 0.378 e. The molecule has 0 aromatic rings. The Kier molecular flexibility index (Phi) is 2.43. The van der Waals surface area contributed by atoms with Crippen molar-refractivity contribution in [3.8, 4) is 0 Å². The molecule has 2 saturated carbocycles. The van der Waals surface area contributed by atoms with Crippen LogP contribution < -0.4 is 11.1 Å². The smallest absolute Gasteiger partial charge is 0.287 e. The highest BCUT2D eigenvalue weighted by Crippen LogP contribution is 2.47. The fraction of sp³-hybridized carbons (Fsp3) is 0.778. The van der Waals surface area contributed by atoms with Crippen LogP contribution in [0.15, 0.2) is 0 Å². The van der Waals surface area contributed by atoms with E-state index in [0.717, 1.165) is 36.9 Å². The minimum Gasteiger partial charge on any atom is -0.378 e. The summed E-state index contributed by atoms with van der Waals surface area (Å²) in [6.07, 6.45) is 5.80. The average Bonchev–Trinajstić information content (AvgIpc) is 2.60. The lowest BCUT2D eigenvalue weighted by Crippen LogP contribution is -2.43. The van der Waals surface area contributed by atoms with Gasteiger partial charge >= 0.3 is 0 Å². The Bertz CT molecular complexity index is 271. The van der Waals surface area contributed by atoms with Crippen molar-refractivity contribution < 1.29 is 4.79 Å². The van der Waals surface area contributed by atoms with E-state index in [4.69, 9.17) is 11.1 Å². The molecule has 0 radical (unpaired) electrons. The van der Waals surface area contributed by atoms with Crippen molar-refractivity contribution in [2.45, 2.75) is 37.6 Å². The SMILES string of the molecule is N=C(N)SC(=O)NC12CCC(CC1)C2. The number of carbonyl (C=O) groups excluding carboxylic acids is 1. The fourth-order valence-corrected chi connectivity index (χ4v) is 3.18. The molecule has 2 fully saturated rings. The van der Waals surface area contributed by atoms with Crippen LogP contribution in [-0.4, -0.2) is 15.9 Å². The monoisotopic (exact) mass is 213 g/mol. The topological polar surface area (TPSA) is 79.0 Å². The summed E-state index contributed by atoms with van der Waals surface area (Å²) in [6.45, 7) is 0. The van der Waals surface area contributed by atoms with E-state index in [0.29, 0.717) is 0 Å². The maximum Gasteiger partial charge on any atom is 0.287 e. The van der Waals surface area contributed by atoms with Crippen LogP contribution in [-0.2, 0) is 0 Å². The van der Waals surface area contributed by atoms with E-state index in [2.05, 4.69) is 5.32 Å². The zero-order valence-corrected chi connectivity index (χ0v) is 8.82. The Labute approximate surface area is 87.5 Å². The Morgan fingerprint density at radius 3 is 2.57 bits per heavy atom. The molecule has 0 saturated heterocycles. The second-order valence-electron chi connectivity index (χ2n) is 4.31. The predicted octanol–water partition coefficient (Wildman–Crippen LogP) is 1.66. The van der Waals surface area contributed by atoms with E-state index >= 15 is 0 Å². The molecular formula is C9H15N3OS. The Hall–Kier alpha value is -0.710. The van der Waals surface area contributed by atoms with Crippen LogP contribution in [0.1, 0.15) is 32.1 Å². The minimum atomic E-state index is -0.167. The summed E-state index contributed by atoms with van der Waals surface area (Å²) in [5, 5.41) is 9.73. The summed E-state index contributed by atoms with van der Waals surface area (Å²) >= 11 is 0.785. The van der Waals surface area contributed by atoms with Gasteiger partial charge in [-0.2, -0.15) is 0 Å². The van der Waals surface area contributed by atoms with Gasteiger partial charge in [-0.25, -0.2) is 0 Å². The number of fused-ring (bicyclic) bond motifs is 2. The van der Waals surface area contributed by atoms with Gasteiger partial charge in [-0.3, -0.25) is 10.2 Å². The number of rotatable bonds is 1. The molecule has 0 aromatic heterocycles. The van der Waals surface area contributed by atoms with Crippen molar-refractivity contribution >= 4 is 22.2 Å². The molecule has 0 heterocycles. The summed E-state index contributed by atoms with van der Waals surface area (Å²) in [4.78, 5) is 11.4. The standard InChI is InChI=1S/C9H15N3OS/c10-7(11)14-8(13)12-9-3-1-6(5-9)2-4-9/h6H,1-5H2,(H3,10,11)(H,12,13). The van der Waals surface area contributed by atoms with Gasteiger partial charge in [0, 0.05) is 17.3 Å². The van der Waals surface area contributed by atoms with Crippen LogP contribution in [0.5, 0.6) is 0 Å². The number of amides is 1. The number of hydrogen-bond acceptors (Lipinski definition) is 3. The van der Waals surface area contributed by atoms with Gasteiger partial charge in [-0.05, 0) is 38.0 Å². The van der Waals surface area contributed by atoms with E-state index in [1.54, 1.807) is 0 Å². The third kappa shape index (κ3) is 1.87. The van der Waals surface area contributed by atoms with Gasteiger partial charge in [0.2, 0.25) is 0 Å². The summed E-state index contributed by atoms with van der Waals surface area (Å²) in [6, 6.07) is 0. The van der Waals surface area contributed by atoms with E-state index in [1.807, 2.05) is 0 Å². The number of thioether (sulfide) groups is 1. The van der Waals surface area contributed by atoms with Crippen LogP contribution in [0.25, 0.3) is 0 Å². The number of nitrogens with one attached hydrogen (secondary N) is 2. The van der Waals surface area contributed by atoms with E-state index in [-0.39, 0.29) is 15.9 Å². The first-order valence-electron chi connectivity index (χ1n) is 4.94. The van der Waals surface area contributed by atoms with E-state index < -0.39 is 0 Å². The Morgan fingerprint density at radius 2 is 2.14 bits per heavy atom. The van der Waals surface area contributed by atoms with Crippen molar-refractivity contribution in [3.05, 3.63) is 0 Å². The summed E-state index contributed by atoms with van der Waals surface area (Å²) in [7, 11) is 0. The van der Waals surface area contributed by atoms with Crippen LogP contribution >= 0.6 is 11.8 Å². The molecule has 2 aliphatic rings. The van der Waals surface area contributed by atoms with Gasteiger partial charge in [0.15, 0.2) is 5.17 Å². The van der Waals surface area contributed by atoms with Gasteiger partial charge in [-0.1, -0.05) is 0 Å². The molecule has 4 N–H and O–H groups in total. The molecule has 2 rings (SSSR count). The number of nitrogens with two attached hydrogens (primary N) is 1. The molecule has 14 heavy (non-hydrogen) atoms. The number of amidine groups is 1. The maximum absolute atomic E-state index is 11.4. The first-order chi connectivity index (χ1) is 6.60. The van der Waals surface area contributed by atoms with Crippen molar-refractivity contribution in [2.75, 3.05) is 0 Å². The van der Waals surface area contributed by atoms with Gasteiger partial charge in [-0.15, -0.1) is 0 Å². The third-order valence-electron chi connectivity index (χ3n) is 3.31. The van der Waals surface area contributed by atoms with Crippen LogP contribution in [0.4, 0.5) is 4.79 Å². The van der Waals surface area contributed by atoms with Crippen LogP contribution in [0, 0.1) is 11.3 Å². The average molecular weight is 213 g/mol. The normalized spacial score (nSPS) is 34.4. The van der Waals surface area contributed by atoms with E-state index in [1.165, 1.54) is 12.8 Å². The van der Waals surface area contributed by atoms with Crippen molar-refractivity contribution in [2.24, 2.45) is 11.7 Å². The Balaban J connectivity index is 1.90. The zero-order chi connectivity index (χ0) is 10.2. The van der Waals surface area contributed by atoms with Crippen molar-refractivity contribution in [3.63, 3.8) is 0 Å². The molecule has 0 aromatic carbocycles. The minimum absolute atomic E-state index is 0.0458. The molecule has 0 unspecified atom stereocenters. The third-order valence-corrected chi connectivity index (χ3v) is 3.82. The molecule has 1 amide bonds. The van der Waals surface area contributed by atoms with Gasteiger partial charge in [0.25, 0.3) is 5.24 Å². The van der Waals surface area contributed by atoms with Crippen molar-refractivity contribution in [1.29, 1.82) is 5.41 Å². The highest BCUT2D eigenvalue weighted by Gasteiger charge is 2.45. The molecular weight excluding hydrogens is 198 g/mol. The number of carbonyl (C=O) groups is 1. The molecule has 0 atom stereocenters. The van der Waals surface area contributed by atoms with Gasteiger partial charge in [0.1, 0.15) is 0 Å². The predicted molar refractivity (Wildman–Crippen MR) is 57.3 cm³/mol. The molecule has 2 aliphatic carbocycles. The summed E-state index contributed by atoms with van der Waals surface area (Å²) in [5.74, 6) is 0.817. The van der Waals surface area contributed by atoms with Gasteiger partial charge < -0.3 is 11.1 Å². The highest BCUT2D eigenvalue weighted by atomic mass is 32.2. The lowest BCUT2D eigenvalue weighted by molar-refractivity contribution is 0.245. The summed E-state index contributed by atoms with van der Waals surface area (Å²) in [5.41, 5.74) is 5.19. The highest BCUT2D eigenvalue weighted by molar-refractivity contribution is 8.26. The lowest BCUT2D eigenvalue weighted by Gasteiger charge is -2.27. The second kappa shape index (κ2) is 3.46. The molecule has 2 bridgehead atoms. The van der Waals surface area contributed by atoms with E-state index in [9.17, 15) is 4.79 Å². The second-order valence-corrected chi connectivity index (χ2v) is 5.32. The fourth-order valence-electron chi connectivity index (χ4n) is 2.71. The van der Waals surface area contributed by atoms with Gasteiger partial charge in [0.05, 0.1) is 0 Å². The lowest BCUT2D eigenvalue weighted by atomic mass is 9.94. The molecule has 0 aliphatic heterocycles. The molecule has 0 spiro atoms. The van der Waals surface area contributed by atoms with Crippen molar-refractivity contribution in [1.82, 2.24) is 5.32 Å².